The number of carbonyl (C=O) groups is 1. The van der Waals surface area contributed by atoms with Crippen molar-refractivity contribution in [3.8, 4) is 5.69 Å². The molecule has 0 bridgehead atoms. The predicted octanol–water partition coefficient (Wildman–Crippen LogP) is 3.93. The standard InChI is InChI=1S/C22H22N4O2S/c1-15-18(16(2)26(25-15)17-8-4-3-5-9-17)12-23-21(27)13-28-14-22-24-19-10-6-7-11-20(19)29-22/h3-11H,12-14H2,1-2H3,(H,23,27). The first-order chi connectivity index (χ1) is 14.1. The summed E-state index contributed by atoms with van der Waals surface area (Å²) in [6.07, 6.45) is 0. The molecule has 0 spiro atoms. The van der Waals surface area contributed by atoms with E-state index in [9.17, 15) is 4.79 Å². The highest BCUT2D eigenvalue weighted by Gasteiger charge is 2.14. The van der Waals surface area contributed by atoms with Crippen LogP contribution in [-0.2, 0) is 22.7 Å². The van der Waals surface area contributed by atoms with Crippen LogP contribution in [0.2, 0.25) is 0 Å². The summed E-state index contributed by atoms with van der Waals surface area (Å²) in [6.45, 7) is 4.72. The van der Waals surface area contributed by atoms with Crippen molar-refractivity contribution in [2.45, 2.75) is 27.0 Å². The predicted molar refractivity (Wildman–Crippen MR) is 114 cm³/mol. The molecule has 6 nitrogen and oxygen atoms in total. The van der Waals surface area contributed by atoms with Gasteiger partial charge in [-0.1, -0.05) is 30.3 Å². The van der Waals surface area contributed by atoms with Crippen molar-refractivity contribution in [2.75, 3.05) is 6.61 Å². The van der Waals surface area contributed by atoms with Gasteiger partial charge in [-0.25, -0.2) is 9.67 Å². The number of para-hydroxylation sites is 2. The van der Waals surface area contributed by atoms with E-state index in [0.29, 0.717) is 13.2 Å². The number of ether oxygens (including phenoxy) is 1. The summed E-state index contributed by atoms with van der Waals surface area (Å²) in [6, 6.07) is 17.9. The number of aromatic nitrogens is 3. The number of hydrogen-bond donors (Lipinski definition) is 1. The lowest BCUT2D eigenvalue weighted by molar-refractivity contribution is -0.126. The first kappa shape index (κ1) is 19.3. The molecule has 2 aromatic heterocycles. The number of carbonyl (C=O) groups excluding carboxylic acids is 1. The Balaban J connectivity index is 1.31. The summed E-state index contributed by atoms with van der Waals surface area (Å²) in [7, 11) is 0. The van der Waals surface area contributed by atoms with Crippen LogP contribution in [0, 0.1) is 13.8 Å². The van der Waals surface area contributed by atoms with E-state index in [4.69, 9.17) is 4.74 Å². The number of aryl methyl sites for hydroxylation is 1. The molecule has 0 aliphatic rings. The van der Waals surface area contributed by atoms with E-state index in [2.05, 4.69) is 15.4 Å². The smallest absolute Gasteiger partial charge is 0.246 e. The molecule has 7 heteroatoms. The van der Waals surface area contributed by atoms with Crippen LogP contribution >= 0.6 is 11.3 Å². The molecule has 0 aliphatic carbocycles. The van der Waals surface area contributed by atoms with Gasteiger partial charge in [0.25, 0.3) is 0 Å². The lowest BCUT2D eigenvalue weighted by Crippen LogP contribution is -2.27. The molecule has 1 N–H and O–H groups in total. The Morgan fingerprint density at radius 1 is 1.10 bits per heavy atom. The maximum atomic E-state index is 12.2. The Labute approximate surface area is 173 Å². The third-order valence-electron chi connectivity index (χ3n) is 4.70. The minimum Gasteiger partial charge on any atom is -0.364 e. The highest BCUT2D eigenvalue weighted by Crippen LogP contribution is 2.22. The van der Waals surface area contributed by atoms with Gasteiger partial charge in [0.15, 0.2) is 0 Å². The Bertz CT molecular complexity index is 1100. The van der Waals surface area contributed by atoms with Gasteiger partial charge in [-0.15, -0.1) is 11.3 Å². The van der Waals surface area contributed by atoms with Crippen LogP contribution in [0.3, 0.4) is 0 Å². The Kier molecular flexibility index (Phi) is 5.69. The average Bonchev–Trinajstić information content (AvgIpc) is 3.27. The summed E-state index contributed by atoms with van der Waals surface area (Å²) in [5, 5.41) is 8.40. The Morgan fingerprint density at radius 3 is 2.66 bits per heavy atom. The summed E-state index contributed by atoms with van der Waals surface area (Å²) >= 11 is 1.58. The number of nitrogens with one attached hydrogen (secondary N) is 1. The van der Waals surface area contributed by atoms with Crippen LogP contribution < -0.4 is 5.32 Å². The van der Waals surface area contributed by atoms with Gasteiger partial charge in [0.1, 0.15) is 11.6 Å². The van der Waals surface area contributed by atoms with Crippen molar-refractivity contribution in [3.63, 3.8) is 0 Å². The van der Waals surface area contributed by atoms with Crippen molar-refractivity contribution in [2.24, 2.45) is 0 Å². The summed E-state index contributed by atoms with van der Waals surface area (Å²) in [4.78, 5) is 16.7. The first-order valence-electron chi connectivity index (χ1n) is 9.41. The van der Waals surface area contributed by atoms with Gasteiger partial charge in [-0.05, 0) is 38.1 Å². The SMILES string of the molecule is Cc1nn(-c2ccccc2)c(C)c1CNC(=O)COCc1nc2ccccc2s1. The van der Waals surface area contributed by atoms with Crippen LogP contribution in [0.15, 0.2) is 54.6 Å². The highest BCUT2D eigenvalue weighted by molar-refractivity contribution is 7.18. The van der Waals surface area contributed by atoms with Gasteiger partial charge in [0, 0.05) is 17.8 Å². The molecule has 0 radical (unpaired) electrons. The maximum Gasteiger partial charge on any atom is 0.246 e. The molecule has 0 saturated carbocycles. The first-order valence-corrected chi connectivity index (χ1v) is 10.2. The van der Waals surface area contributed by atoms with Crippen molar-refractivity contribution in [1.29, 1.82) is 0 Å². The number of hydrogen-bond acceptors (Lipinski definition) is 5. The van der Waals surface area contributed by atoms with Gasteiger partial charge in [0.05, 0.1) is 28.2 Å². The quantitative estimate of drug-likeness (QED) is 0.505. The van der Waals surface area contributed by atoms with E-state index in [1.165, 1.54) is 0 Å². The Hall–Kier alpha value is -3.03. The average molecular weight is 407 g/mol. The minimum absolute atomic E-state index is 0.000836. The molecule has 0 atom stereocenters. The van der Waals surface area contributed by atoms with E-state index in [1.807, 2.05) is 73.1 Å². The highest BCUT2D eigenvalue weighted by atomic mass is 32.1. The fourth-order valence-electron chi connectivity index (χ4n) is 3.20. The fourth-order valence-corrected chi connectivity index (χ4v) is 4.11. The third kappa shape index (κ3) is 4.36. The number of amides is 1. The third-order valence-corrected chi connectivity index (χ3v) is 5.71. The van der Waals surface area contributed by atoms with Crippen LogP contribution in [0.1, 0.15) is 22.0 Å². The van der Waals surface area contributed by atoms with Gasteiger partial charge in [-0.3, -0.25) is 4.79 Å². The second-order valence-electron chi connectivity index (χ2n) is 6.74. The van der Waals surface area contributed by atoms with E-state index in [-0.39, 0.29) is 12.5 Å². The molecular formula is C22H22N4O2S. The molecule has 4 aromatic rings. The van der Waals surface area contributed by atoms with E-state index in [0.717, 1.165) is 37.9 Å². The van der Waals surface area contributed by atoms with Gasteiger partial charge in [0.2, 0.25) is 5.91 Å². The van der Waals surface area contributed by atoms with Gasteiger partial charge in [-0.2, -0.15) is 5.10 Å². The number of benzene rings is 2. The molecule has 0 aliphatic heterocycles. The van der Waals surface area contributed by atoms with Crippen LogP contribution in [0.5, 0.6) is 0 Å². The molecule has 29 heavy (non-hydrogen) atoms. The van der Waals surface area contributed by atoms with Crippen molar-refractivity contribution in [1.82, 2.24) is 20.1 Å². The van der Waals surface area contributed by atoms with Crippen LogP contribution in [0.4, 0.5) is 0 Å². The second-order valence-corrected chi connectivity index (χ2v) is 7.86. The second kappa shape index (κ2) is 8.55. The number of fused-ring (bicyclic) bond motifs is 1. The van der Waals surface area contributed by atoms with Crippen LogP contribution in [0.25, 0.3) is 15.9 Å². The molecular weight excluding hydrogens is 384 g/mol. The molecule has 0 saturated heterocycles. The lowest BCUT2D eigenvalue weighted by atomic mass is 10.2. The zero-order valence-electron chi connectivity index (χ0n) is 16.4. The van der Waals surface area contributed by atoms with Crippen LogP contribution in [-0.4, -0.2) is 27.3 Å². The monoisotopic (exact) mass is 406 g/mol. The fraction of sp³-hybridized carbons (Fsp3) is 0.227. The molecule has 0 fully saturated rings. The summed E-state index contributed by atoms with van der Waals surface area (Å²) < 4.78 is 8.57. The molecule has 1 amide bonds. The zero-order valence-corrected chi connectivity index (χ0v) is 17.2. The summed E-state index contributed by atoms with van der Waals surface area (Å²) in [5.74, 6) is -0.155. The van der Waals surface area contributed by atoms with E-state index in [1.54, 1.807) is 11.3 Å². The normalized spacial score (nSPS) is 11.1. The number of nitrogens with zero attached hydrogens (tertiary/aromatic N) is 3. The zero-order chi connectivity index (χ0) is 20.2. The van der Waals surface area contributed by atoms with Crippen molar-refractivity contribution < 1.29 is 9.53 Å². The Morgan fingerprint density at radius 2 is 1.86 bits per heavy atom. The molecule has 4 rings (SSSR count). The number of thiazole rings is 1. The number of rotatable bonds is 7. The van der Waals surface area contributed by atoms with Gasteiger partial charge >= 0.3 is 0 Å². The lowest BCUT2D eigenvalue weighted by Gasteiger charge is -2.07. The summed E-state index contributed by atoms with van der Waals surface area (Å²) in [5.41, 5.74) is 4.91. The maximum absolute atomic E-state index is 12.2. The van der Waals surface area contributed by atoms with Crippen molar-refractivity contribution >= 4 is 27.5 Å². The molecule has 2 heterocycles. The van der Waals surface area contributed by atoms with Gasteiger partial charge < -0.3 is 10.1 Å². The van der Waals surface area contributed by atoms with Crippen molar-refractivity contribution in [3.05, 3.63) is 76.6 Å². The molecule has 148 valence electrons. The molecule has 2 aromatic carbocycles. The largest absolute Gasteiger partial charge is 0.364 e. The van der Waals surface area contributed by atoms with E-state index < -0.39 is 0 Å². The minimum atomic E-state index is -0.155. The molecule has 0 unspecified atom stereocenters. The van der Waals surface area contributed by atoms with E-state index >= 15 is 0 Å². The topological polar surface area (TPSA) is 69.0 Å².